The first-order valence-electron chi connectivity index (χ1n) is 7.07. The van der Waals surface area contributed by atoms with Crippen molar-refractivity contribution >= 4 is 5.97 Å². The highest BCUT2D eigenvalue weighted by Crippen LogP contribution is 2.33. The van der Waals surface area contributed by atoms with Crippen molar-refractivity contribution in [2.24, 2.45) is 5.41 Å². The molecule has 2 rings (SSSR count). The zero-order valence-corrected chi connectivity index (χ0v) is 13.1. The molecule has 5 nitrogen and oxygen atoms in total. The molecule has 0 radical (unpaired) electrons. The fourth-order valence-corrected chi connectivity index (χ4v) is 2.70. The first-order chi connectivity index (χ1) is 9.87. The monoisotopic (exact) mass is 293 g/mol. The van der Waals surface area contributed by atoms with E-state index in [2.05, 4.69) is 4.90 Å². The van der Waals surface area contributed by atoms with Crippen molar-refractivity contribution in [1.29, 1.82) is 0 Å². The van der Waals surface area contributed by atoms with Crippen LogP contribution in [0.2, 0.25) is 0 Å². The van der Waals surface area contributed by atoms with E-state index >= 15 is 0 Å². The van der Waals surface area contributed by atoms with Gasteiger partial charge < -0.3 is 14.6 Å². The molecule has 1 N–H and O–H groups in total. The lowest BCUT2D eigenvalue weighted by Gasteiger charge is -2.34. The Morgan fingerprint density at radius 1 is 1.24 bits per heavy atom. The van der Waals surface area contributed by atoms with Crippen LogP contribution in [0.25, 0.3) is 0 Å². The number of rotatable bonds is 5. The van der Waals surface area contributed by atoms with Crippen molar-refractivity contribution in [2.45, 2.75) is 26.8 Å². The third kappa shape index (κ3) is 3.29. The molecule has 0 amide bonds. The predicted molar refractivity (Wildman–Crippen MR) is 79.9 cm³/mol. The van der Waals surface area contributed by atoms with Gasteiger partial charge in [0.05, 0.1) is 19.6 Å². The smallest absolute Gasteiger partial charge is 0.310 e. The van der Waals surface area contributed by atoms with Crippen molar-refractivity contribution < 1.29 is 19.4 Å². The maximum atomic E-state index is 11.3. The molecule has 0 bridgehead atoms. The summed E-state index contributed by atoms with van der Waals surface area (Å²) in [5, 5.41) is 9.25. The molecule has 1 aromatic carbocycles. The zero-order chi connectivity index (χ0) is 15.6. The second-order valence-corrected chi connectivity index (χ2v) is 6.13. The Kier molecular flexibility index (Phi) is 4.42. The van der Waals surface area contributed by atoms with Gasteiger partial charge in [-0.1, -0.05) is 0 Å². The third-order valence-corrected chi connectivity index (χ3v) is 3.99. The molecule has 1 aliphatic rings. The number of carbonyl (C=O) groups is 1. The number of hydrogen-bond acceptors (Lipinski definition) is 4. The molecule has 1 aromatic rings. The first-order valence-corrected chi connectivity index (χ1v) is 7.07. The number of aliphatic carboxylic acids is 1. The number of benzene rings is 1. The molecule has 0 fully saturated rings. The molecule has 0 saturated heterocycles. The van der Waals surface area contributed by atoms with Crippen molar-refractivity contribution in [3.63, 3.8) is 0 Å². The van der Waals surface area contributed by atoms with Crippen LogP contribution in [0.1, 0.15) is 25.0 Å². The molecule has 5 heteroatoms. The van der Waals surface area contributed by atoms with Gasteiger partial charge in [-0.3, -0.25) is 9.69 Å². The van der Waals surface area contributed by atoms with Gasteiger partial charge in [-0.25, -0.2) is 0 Å². The van der Waals surface area contributed by atoms with Crippen LogP contribution in [-0.4, -0.2) is 43.3 Å². The van der Waals surface area contributed by atoms with Gasteiger partial charge in [-0.15, -0.1) is 0 Å². The van der Waals surface area contributed by atoms with Gasteiger partial charge in [0, 0.05) is 19.6 Å². The Bertz CT molecular complexity index is 539. The quantitative estimate of drug-likeness (QED) is 0.901. The van der Waals surface area contributed by atoms with E-state index < -0.39 is 11.4 Å². The Labute approximate surface area is 125 Å². The topological polar surface area (TPSA) is 59.0 Å². The Hall–Kier alpha value is -1.75. The fraction of sp³-hybridized carbons (Fsp3) is 0.562. The lowest BCUT2D eigenvalue weighted by molar-refractivity contribution is -0.148. The van der Waals surface area contributed by atoms with E-state index in [1.165, 1.54) is 11.1 Å². The minimum absolute atomic E-state index is 0.538. The standard InChI is InChI=1S/C16H23NO4/c1-16(2,15(18)19)10-17-6-5-11-7-13(20-3)14(21-4)8-12(11)9-17/h7-8H,5-6,9-10H2,1-4H3,(H,18,19). The van der Waals surface area contributed by atoms with Crippen LogP contribution in [0.4, 0.5) is 0 Å². The van der Waals surface area contributed by atoms with Crippen LogP contribution < -0.4 is 9.47 Å². The molecule has 116 valence electrons. The molecule has 1 aliphatic heterocycles. The average Bonchev–Trinajstić information content (AvgIpc) is 2.45. The Morgan fingerprint density at radius 2 is 1.81 bits per heavy atom. The average molecular weight is 293 g/mol. The molecular formula is C16H23NO4. The van der Waals surface area contributed by atoms with Crippen LogP contribution in [0.3, 0.4) is 0 Å². The molecule has 0 saturated carbocycles. The SMILES string of the molecule is COc1cc2c(cc1OC)CN(CC(C)(C)C(=O)O)CC2. The van der Waals surface area contributed by atoms with Gasteiger partial charge in [-0.2, -0.15) is 0 Å². The molecule has 0 aromatic heterocycles. The van der Waals surface area contributed by atoms with Gasteiger partial charge in [0.15, 0.2) is 11.5 Å². The van der Waals surface area contributed by atoms with E-state index in [9.17, 15) is 9.90 Å². The van der Waals surface area contributed by atoms with E-state index in [-0.39, 0.29) is 0 Å². The summed E-state index contributed by atoms with van der Waals surface area (Å²) >= 11 is 0. The molecule has 0 unspecified atom stereocenters. The second kappa shape index (κ2) is 5.93. The van der Waals surface area contributed by atoms with Crippen molar-refractivity contribution in [2.75, 3.05) is 27.3 Å². The highest BCUT2D eigenvalue weighted by atomic mass is 16.5. The van der Waals surface area contributed by atoms with E-state index in [1.807, 2.05) is 12.1 Å². The first kappa shape index (κ1) is 15.6. The summed E-state index contributed by atoms with van der Waals surface area (Å²) < 4.78 is 10.7. The number of carboxylic acids is 1. The highest BCUT2D eigenvalue weighted by Gasteiger charge is 2.31. The summed E-state index contributed by atoms with van der Waals surface area (Å²) in [7, 11) is 3.26. The molecule has 0 aliphatic carbocycles. The summed E-state index contributed by atoms with van der Waals surface area (Å²) in [5.74, 6) is 0.701. The molecule has 0 atom stereocenters. The third-order valence-electron chi connectivity index (χ3n) is 3.99. The number of hydrogen-bond donors (Lipinski definition) is 1. The molecule has 21 heavy (non-hydrogen) atoms. The lowest BCUT2D eigenvalue weighted by atomic mass is 9.91. The Balaban J connectivity index is 2.18. The highest BCUT2D eigenvalue weighted by molar-refractivity contribution is 5.73. The van der Waals surface area contributed by atoms with Crippen LogP contribution in [0, 0.1) is 5.41 Å². The summed E-state index contributed by atoms with van der Waals surface area (Å²) in [6.45, 7) is 5.67. The number of ether oxygens (including phenoxy) is 2. The van der Waals surface area contributed by atoms with Crippen LogP contribution in [-0.2, 0) is 17.8 Å². The van der Waals surface area contributed by atoms with Gasteiger partial charge >= 0.3 is 5.97 Å². The van der Waals surface area contributed by atoms with Crippen LogP contribution in [0.15, 0.2) is 12.1 Å². The maximum Gasteiger partial charge on any atom is 0.310 e. The lowest BCUT2D eigenvalue weighted by Crippen LogP contribution is -2.41. The summed E-state index contributed by atoms with van der Waals surface area (Å²) in [6.07, 6.45) is 0.894. The molecule has 1 heterocycles. The van der Waals surface area contributed by atoms with Gasteiger partial charge in [0.2, 0.25) is 0 Å². The molecular weight excluding hydrogens is 270 g/mol. The van der Waals surface area contributed by atoms with Crippen molar-refractivity contribution in [3.8, 4) is 11.5 Å². The fourth-order valence-electron chi connectivity index (χ4n) is 2.70. The van der Waals surface area contributed by atoms with E-state index in [1.54, 1.807) is 28.1 Å². The normalized spacial score (nSPS) is 15.4. The van der Waals surface area contributed by atoms with Gasteiger partial charge in [0.1, 0.15) is 0 Å². The van der Waals surface area contributed by atoms with Crippen molar-refractivity contribution in [1.82, 2.24) is 4.90 Å². The Morgan fingerprint density at radius 3 is 2.33 bits per heavy atom. The number of nitrogens with zero attached hydrogens (tertiary/aromatic N) is 1. The number of fused-ring (bicyclic) bond motifs is 1. The summed E-state index contributed by atoms with van der Waals surface area (Å²) in [6, 6.07) is 4.02. The van der Waals surface area contributed by atoms with Crippen LogP contribution in [0.5, 0.6) is 11.5 Å². The number of carboxylic acid groups (broad SMARTS) is 1. The van der Waals surface area contributed by atoms with Gasteiger partial charge in [0.25, 0.3) is 0 Å². The van der Waals surface area contributed by atoms with Crippen LogP contribution >= 0.6 is 0 Å². The maximum absolute atomic E-state index is 11.3. The van der Waals surface area contributed by atoms with E-state index in [4.69, 9.17) is 9.47 Å². The second-order valence-electron chi connectivity index (χ2n) is 6.13. The largest absolute Gasteiger partial charge is 0.493 e. The number of methoxy groups -OCH3 is 2. The minimum atomic E-state index is -0.763. The summed E-state index contributed by atoms with van der Waals surface area (Å²) in [5.41, 5.74) is 1.69. The van der Waals surface area contributed by atoms with E-state index in [0.29, 0.717) is 6.54 Å². The summed E-state index contributed by atoms with van der Waals surface area (Å²) in [4.78, 5) is 13.4. The molecule has 0 spiro atoms. The van der Waals surface area contributed by atoms with Crippen molar-refractivity contribution in [3.05, 3.63) is 23.3 Å². The minimum Gasteiger partial charge on any atom is -0.493 e. The zero-order valence-electron chi connectivity index (χ0n) is 13.1. The van der Waals surface area contributed by atoms with Gasteiger partial charge in [-0.05, 0) is 43.5 Å². The predicted octanol–water partition coefficient (Wildman–Crippen LogP) is 2.17. The van der Waals surface area contributed by atoms with E-state index in [0.717, 1.165) is 31.0 Å².